The molecule has 0 aliphatic carbocycles. The predicted octanol–water partition coefficient (Wildman–Crippen LogP) is 1.38. The first kappa shape index (κ1) is 6.22. The number of anilines is 1. The van der Waals surface area contributed by atoms with Crippen molar-refractivity contribution in [2.75, 3.05) is 11.9 Å². The van der Waals surface area contributed by atoms with Crippen molar-refractivity contribution in [1.82, 2.24) is 9.78 Å². The van der Waals surface area contributed by atoms with Gasteiger partial charge in [-0.05, 0) is 22.9 Å². The van der Waals surface area contributed by atoms with E-state index in [0.717, 1.165) is 29.1 Å². The second-order valence-electron chi connectivity index (χ2n) is 2.40. The quantitative estimate of drug-likeness (QED) is 0.688. The average Bonchev–Trinajstić information content (AvgIpc) is 2.41. The van der Waals surface area contributed by atoms with E-state index < -0.39 is 0 Å². The third-order valence-electron chi connectivity index (χ3n) is 1.67. The standard InChI is InChI=1S/C6H8BrN3/c1-4-5(7)6-8-2-3-10(6)9-4/h8H,2-3H2,1H3. The van der Waals surface area contributed by atoms with E-state index in [-0.39, 0.29) is 0 Å². The molecule has 1 aliphatic rings. The molecule has 0 radical (unpaired) electrons. The molecular formula is C6H8BrN3. The summed E-state index contributed by atoms with van der Waals surface area (Å²) in [6, 6.07) is 0. The molecule has 10 heavy (non-hydrogen) atoms. The molecule has 1 aromatic rings. The first-order valence-electron chi connectivity index (χ1n) is 3.26. The second kappa shape index (κ2) is 1.99. The van der Waals surface area contributed by atoms with E-state index in [9.17, 15) is 0 Å². The smallest absolute Gasteiger partial charge is 0.139 e. The molecule has 0 amide bonds. The molecule has 0 saturated heterocycles. The maximum atomic E-state index is 4.30. The molecule has 2 heterocycles. The fourth-order valence-corrected chi connectivity index (χ4v) is 1.59. The Kier molecular flexibility index (Phi) is 1.23. The SMILES string of the molecule is Cc1nn2c(c1Br)NCC2. The number of nitrogens with one attached hydrogen (secondary N) is 1. The number of rotatable bonds is 0. The van der Waals surface area contributed by atoms with Crippen LogP contribution < -0.4 is 5.32 Å². The number of hydrogen-bond acceptors (Lipinski definition) is 2. The molecule has 2 rings (SSSR count). The summed E-state index contributed by atoms with van der Waals surface area (Å²) in [5, 5.41) is 7.54. The monoisotopic (exact) mass is 201 g/mol. The third kappa shape index (κ3) is 0.683. The van der Waals surface area contributed by atoms with Crippen LogP contribution in [-0.4, -0.2) is 16.3 Å². The van der Waals surface area contributed by atoms with E-state index >= 15 is 0 Å². The largest absolute Gasteiger partial charge is 0.367 e. The molecular weight excluding hydrogens is 194 g/mol. The Balaban J connectivity index is 2.59. The van der Waals surface area contributed by atoms with Crippen LogP contribution in [0.5, 0.6) is 0 Å². The van der Waals surface area contributed by atoms with Crippen molar-refractivity contribution in [1.29, 1.82) is 0 Å². The van der Waals surface area contributed by atoms with Crippen LogP contribution in [0, 0.1) is 6.92 Å². The zero-order valence-corrected chi connectivity index (χ0v) is 7.27. The van der Waals surface area contributed by atoms with Crippen LogP contribution in [0.25, 0.3) is 0 Å². The maximum absolute atomic E-state index is 4.30. The van der Waals surface area contributed by atoms with Crippen molar-refractivity contribution in [3.8, 4) is 0 Å². The lowest BCUT2D eigenvalue weighted by molar-refractivity contribution is 0.688. The predicted molar refractivity (Wildman–Crippen MR) is 43.2 cm³/mol. The van der Waals surface area contributed by atoms with Crippen molar-refractivity contribution in [3.05, 3.63) is 10.2 Å². The maximum Gasteiger partial charge on any atom is 0.139 e. The molecule has 1 N–H and O–H groups in total. The molecule has 3 nitrogen and oxygen atoms in total. The zero-order chi connectivity index (χ0) is 7.14. The van der Waals surface area contributed by atoms with Crippen LogP contribution >= 0.6 is 15.9 Å². The molecule has 4 heteroatoms. The number of aromatic nitrogens is 2. The summed E-state index contributed by atoms with van der Waals surface area (Å²) in [7, 11) is 0. The minimum absolute atomic E-state index is 0.988. The number of nitrogens with zero attached hydrogens (tertiary/aromatic N) is 2. The van der Waals surface area contributed by atoms with Crippen LogP contribution in [0.3, 0.4) is 0 Å². The average molecular weight is 202 g/mol. The molecule has 0 fully saturated rings. The number of aryl methyl sites for hydroxylation is 1. The van der Waals surface area contributed by atoms with Crippen molar-refractivity contribution in [3.63, 3.8) is 0 Å². The molecule has 0 atom stereocenters. The van der Waals surface area contributed by atoms with E-state index in [0.29, 0.717) is 0 Å². The lowest BCUT2D eigenvalue weighted by Gasteiger charge is -1.91. The van der Waals surface area contributed by atoms with Crippen molar-refractivity contribution < 1.29 is 0 Å². The van der Waals surface area contributed by atoms with Crippen molar-refractivity contribution in [2.45, 2.75) is 13.5 Å². The van der Waals surface area contributed by atoms with Gasteiger partial charge >= 0.3 is 0 Å². The van der Waals surface area contributed by atoms with Gasteiger partial charge in [-0.1, -0.05) is 0 Å². The second-order valence-corrected chi connectivity index (χ2v) is 3.19. The van der Waals surface area contributed by atoms with Gasteiger partial charge in [-0.25, -0.2) is 4.68 Å². The van der Waals surface area contributed by atoms with Crippen LogP contribution in [0.1, 0.15) is 5.69 Å². The van der Waals surface area contributed by atoms with Crippen molar-refractivity contribution >= 4 is 21.7 Å². The Morgan fingerprint density at radius 3 is 3.20 bits per heavy atom. The summed E-state index contributed by atoms with van der Waals surface area (Å²) in [6.07, 6.45) is 0. The first-order chi connectivity index (χ1) is 4.79. The highest BCUT2D eigenvalue weighted by molar-refractivity contribution is 9.10. The van der Waals surface area contributed by atoms with E-state index in [1.165, 1.54) is 0 Å². The Morgan fingerprint density at radius 1 is 1.70 bits per heavy atom. The van der Waals surface area contributed by atoms with Crippen LogP contribution in [0.4, 0.5) is 5.82 Å². The Labute approximate surface area is 67.5 Å². The lowest BCUT2D eigenvalue weighted by atomic mass is 10.5. The molecule has 1 aliphatic heterocycles. The summed E-state index contributed by atoms with van der Waals surface area (Å²) in [6.45, 7) is 3.99. The highest BCUT2D eigenvalue weighted by Crippen LogP contribution is 2.27. The summed E-state index contributed by atoms with van der Waals surface area (Å²) >= 11 is 3.46. The molecule has 1 aromatic heterocycles. The van der Waals surface area contributed by atoms with Crippen LogP contribution in [0.2, 0.25) is 0 Å². The normalized spacial score (nSPS) is 15.0. The molecule has 0 spiro atoms. The summed E-state index contributed by atoms with van der Waals surface area (Å²) < 4.78 is 3.09. The van der Waals surface area contributed by atoms with Gasteiger partial charge in [0, 0.05) is 6.54 Å². The molecule has 0 saturated carbocycles. The zero-order valence-electron chi connectivity index (χ0n) is 5.69. The lowest BCUT2D eigenvalue weighted by Crippen LogP contribution is -1.96. The number of hydrogen-bond donors (Lipinski definition) is 1. The highest BCUT2D eigenvalue weighted by atomic mass is 79.9. The van der Waals surface area contributed by atoms with Gasteiger partial charge in [-0.2, -0.15) is 5.10 Å². The molecule has 0 unspecified atom stereocenters. The number of halogens is 1. The van der Waals surface area contributed by atoms with Crippen LogP contribution in [0.15, 0.2) is 4.47 Å². The fourth-order valence-electron chi connectivity index (χ4n) is 1.17. The van der Waals surface area contributed by atoms with Crippen LogP contribution in [-0.2, 0) is 6.54 Å². The molecule has 0 bridgehead atoms. The summed E-state index contributed by atoms with van der Waals surface area (Å²) in [4.78, 5) is 0. The highest BCUT2D eigenvalue weighted by Gasteiger charge is 2.16. The van der Waals surface area contributed by atoms with E-state index in [1.807, 2.05) is 11.6 Å². The summed E-state index contributed by atoms with van der Waals surface area (Å²) in [5.41, 5.74) is 1.06. The first-order valence-corrected chi connectivity index (χ1v) is 4.05. The van der Waals surface area contributed by atoms with E-state index in [1.54, 1.807) is 0 Å². The van der Waals surface area contributed by atoms with Gasteiger partial charge in [0.05, 0.1) is 16.7 Å². The number of fused-ring (bicyclic) bond motifs is 1. The van der Waals surface area contributed by atoms with Gasteiger partial charge < -0.3 is 5.32 Å². The fraction of sp³-hybridized carbons (Fsp3) is 0.500. The van der Waals surface area contributed by atoms with Gasteiger partial charge in [0.1, 0.15) is 5.82 Å². The Hall–Kier alpha value is -0.510. The van der Waals surface area contributed by atoms with Gasteiger partial charge in [-0.3, -0.25) is 0 Å². The van der Waals surface area contributed by atoms with Crippen molar-refractivity contribution in [2.24, 2.45) is 0 Å². The minimum Gasteiger partial charge on any atom is -0.367 e. The molecule has 54 valence electrons. The van der Waals surface area contributed by atoms with Gasteiger partial charge in [-0.15, -0.1) is 0 Å². The van der Waals surface area contributed by atoms with Gasteiger partial charge in [0.25, 0.3) is 0 Å². The van der Waals surface area contributed by atoms with Gasteiger partial charge in [0.2, 0.25) is 0 Å². The topological polar surface area (TPSA) is 29.9 Å². The molecule has 0 aromatic carbocycles. The Morgan fingerprint density at radius 2 is 2.50 bits per heavy atom. The minimum atomic E-state index is 0.988. The van der Waals surface area contributed by atoms with Gasteiger partial charge in [0.15, 0.2) is 0 Å². The van der Waals surface area contributed by atoms with E-state index in [4.69, 9.17) is 0 Å². The third-order valence-corrected chi connectivity index (χ3v) is 2.62. The Bertz CT molecular complexity index is 266. The van der Waals surface area contributed by atoms with E-state index in [2.05, 4.69) is 26.3 Å². The summed E-state index contributed by atoms with van der Waals surface area (Å²) in [5.74, 6) is 1.12.